The molecule has 1 aromatic heterocycles. The smallest absolute Gasteiger partial charge is 0.264 e. The number of carbonyl (C=O) groups excluding carboxylic acids is 1. The summed E-state index contributed by atoms with van der Waals surface area (Å²) >= 11 is 0. The van der Waals surface area contributed by atoms with Crippen molar-refractivity contribution in [1.82, 2.24) is 9.88 Å². The van der Waals surface area contributed by atoms with Crippen LogP contribution < -0.4 is 10.0 Å². The van der Waals surface area contributed by atoms with Crippen LogP contribution in [0, 0.1) is 0 Å². The Balaban J connectivity index is 1.22. The van der Waals surface area contributed by atoms with E-state index in [0.29, 0.717) is 28.2 Å². The molecule has 45 heavy (non-hydrogen) atoms. The van der Waals surface area contributed by atoms with Crippen molar-refractivity contribution in [1.29, 1.82) is 0 Å². The first-order chi connectivity index (χ1) is 21.9. The van der Waals surface area contributed by atoms with Crippen LogP contribution in [-0.2, 0) is 21.4 Å². The molecule has 1 unspecified atom stereocenters. The van der Waals surface area contributed by atoms with Crippen molar-refractivity contribution in [2.45, 2.75) is 36.6 Å². The minimum absolute atomic E-state index is 0.0853. The highest BCUT2D eigenvalue weighted by atomic mass is 32.2. The maximum atomic E-state index is 13.6. The first kappa shape index (κ1) is 28.9. The molecule has 7 rings (SSSR count). The molecule has 0 bridgehead atoms. The molecule has 2 aliphatic heterocycles. The average molecular weight is 616 g/mol. The van der Waals surface area contributed by atoms with Crippen LogP contribution in [0.1, 0.15) is 41.9 Å². The highest BCUT2D eigenvalue weighted by Gasteiger charge is 2.36. The van der Waals surface area contributed by atoms with Crippen LogP contribution in [-0.4, -0.2) is 43.0 Å². The lowest BCUT2D eigenvalue weighted by Crippen LogP contribution is -2.28. The zero-order valence-corrected chi connectivity index (χ0v) is 25.5. The number of piperidine rings is 1. The number of hydrogen-bond acceptors (Lipinski definition) is 6. The van der Waals surface area contributed by atoms with E-state index in [2.05, 4.69) is 32.1 Å². The Morgan fingerprint density at radius 2 is 1.67 bits per heavy atom. The topological polar surface area (TPSA) is 104 Å². The third-order valence-electron chi connectivity index (χ3n) is 8.40. The van der Waals surface area contributed by atoms with Gasteiger partial charge in [-0.3, -0.25) is 24.4 Å². The van der Waals surface area contributed by atoms with Crippen LogP contribution in [0.5, 0.6) is 0 Å². The molecule has 1 fully saturated rings. The van der Waals surface area contributed by atoms with Gasteiger partial charge in [-0.25, -0.2) is 8.42 Å². The first-order valence-electron chi connectivity index (χ1n) is 15.2. The number of amides is 1. The molecule has 5 aromatic rings. The second-order valence-corrected chi connectivity index (χ2v) is 13.2. The van der Waals surface area contributed by atoms with Crippen LogP contribution in [0.3, 0.4) is 0 Å². The van der Waals surface area contributed by atoms with Crippen molar-refractivity contribution in [3.05, 3.63) is 126 Å². The number of sulfonamides is 1. The molecule has 226 valence electrons. The minimum Gasteiger partial charge on any atom is -0.325 e. The Labute approximate surface area is 262 Å². The lowest BCUT2D eigenvalue weighted by molar-refractivity contribution is -0.115. The Bertz CT molecular complexity index is 2000. The fourth-order valence-electron chi connectivity index (χ4n) is 6.20. The number of likely N-dealkylation sites (tertiary alicyclic amines) is 1. The number of nitrogens with zero attached hydrogens (tertiary/aromatic N) is 3. The third-order valence-corrected chi connectivity index (χ3v) is 9.82. The van der Waals surface area contributed by atoms with Gasteiger partial charge in [-0.05, 0) is 85.1 Å². The van der Waals surface area contributed by atoms with Gasteiger partial charge in [0.15, 0.2) is 0 Å². The molecule has 2 N–H and O–H groups in total. The Morgan fingerprint density at radius 3 is 2.47 bits per heavy atom. The molecule has 0 radical (unpaired) electrons. The first-order valence-corrected chi connectivity index (χ1v) is 16.7. The van der Waals surface area contributed by atoms with Crippen LogP contribution in [0.4, 0.5) is 17.1 Å². The number of hydrogen-bond donors (Lipinski definition) is 2. The standard InChI is InChI=1S/C36H33N5O3S/c42-36-33(35(27-9-3-1-4-10-27)38-28-16-14-25(15-17-28)24-41-21-5-2-6-22-41)30-23-29(18-19-31(30)39-36)40-45(43,44)32-13-7-11-26-12-8-20-37-34(26)32/h1,3-4,7-20,23,33,40H,2,5-6,21-22,24H2,(H,39,42). The molecule has 2 aliphatic rings. The van der Waals surface area contributed by atoms with E-state index in [0.717, 1.165) is 36.3 Å². The van der Waals surface area contributed by atoms with E-state index in [1.807, 2.05) is 54.6 Å². The molecule has 0 spiro atoms. The summed E-state index contributed by atoms with van der Waals surface area (Å²) in [6.07, 6.45) is 5.37. The van der Waals surface area contributed by atoms with Crippen molar-refractivity contribution in [2.24, 2.45) is 4.99 Å². The van der Waals surface area contributed by atoms with E-state index >= 15 is 0 Å². The number of aromatic nitrogens is 1. The molecule has 0 saturated carbocycles. The number of aliphatic imine (C=N–C) groups is 1. The van der Waals surface area contributed by atoms with Crippen molar-refractivity contribution < 1.29 is 13.2 Å². The number of rotatable bonds is 8. The van der Waals surface area contributed by atoms with Crippen LogP contribution in [0.2, 0.25) is 0 Å². The Hall–Kier alpha value is -4.86. The predicted octanol–water partition coefficient (Wildman–Crippen LogP) is 6.88. The molecule has 1 saturated heterocycles. The van der Waals surface area contributed by atoms with Crippen molar-refractivity contribution >= 4 is 49.6 Å². The van der Waals surface area contributed by atoms with Gasteiger partial charge in [0.1, 0.15) is 10.8 Å². The predicted molar refractivity (Wildman–Crippen MR) is 179 cm³/mol. The van der Waals surface area contributed by atoms with E-state index in [1.54, 1.807) is 36.5 Å². The number of fused-ring (bicyclic) bond motifs is 2. The zero-order valence-electron chi connectivity index (χ0n) is 24.7. The summed E-state index contributed by atoms with van der Waals surface area (Å²) in [5.74, 6) is -0.952. The maximum absolute atomic E-state index is 13.6. The molecule has 0 aliphatic carbocycles. The van der Waals surface area contributed by atoms with Gasteiger partial charge in [0, 0.05) is 29.5 Å². The number of nitrogens with one attached hydrogen (secondary N) is 2. The van der Waals surface area contributed by atoms with Gasteiger partial charge < -0.3 is 5.32 Å². The molecule has 4 aromatic carbocycles. The van der Waals surface area contributed by atoms with Crippen LogP contribution >= 0.6 is 0 Å². The molecular formula is C36H33N5O3S. The van der Waals surface area contributed by atoms with Crippen LogP contribution in [0.25, 0.3) is 10.9 Å². The van der Waals surface area contributed by atoms with Gasteiger partial charge in [0.2, 0.25) is 5.91 Å². The van der Waals surface area contributed by atoms with Gasteiger partial charge in [0.25, 0.3) is 10.0 Å². The van der Waals surface area contributed by atoms with Gasteiger partial charge in [0.05, 0.1) is 16.9 Å². The molecule has 3 heterocycles. The van der Waals surface area contributed by atoms with Gasteiger partial charge >= 0.3 is 0 Å². The van der Waals surface area contributed by atoms with Gasteiger partial charge in [-0.15, -0.1) is 0 Å². The summed E-state index contributed by atoms with van der Waals surface area (Å²) in [7, 11) is -3.98. The fraction of sp³-hybridized carbons (Fsp3) is 0.194. The molecular weight excluding hydrogens is 582 g/mol. The largest absolute Gasteiger partial charge is 0.325 e. The lowest BCUT2D eigenvalue weighted by Gasteiger charge is -2.26. The molecule has 8 nitrogen and oxygen atoms in total. The lowest BCUT2D eigenvalue weighted by atomic mass is 9.90. The number of para-hydroxylation sites is 1. The third kappa shape index (κ3) is 6.09. The van der Waals surface area contributed by atoms with E-state index < -0.39 is 15.9 Å². The maximum Gasteiger partial charge on any atom is 0.264 e. The number of carbonyl (C=O) groups is 1. The van der Waals surface area contributed by atoms with Crippen molar-refractivity contribution in [3.8, 4) is 0 Å². The molecule has 1 amide bonds. The van der Waals surface area contributed by atoms with E-state index in [4.69, 9.17) is 4.99 Å². The van der Waals surface area contributed by atoms with Gasteiger partial charge in [-0.2, -0.15) is 0 Å². The van der Waals surface area contributed by atoms with Crippen molar-refractivity contribution in [3.63, 3.8) is 0 Å². The van der Waals surface area contributed by atoms with Gasteiger partial charge in [-0.1, -0.05) is 67.1 Å². The monoisotopic (exact) mass is 615 g/mol. The Kier molecular flexibility index (Phi) is 7.87. The second-order valence-electron chi connectivity index (χ2n) is 11.5. The summed E-state index contributed by atoms with van der Waals surface area (Å²) in [5, 5.41) is 3.70. The number of anilines is 2. The fourth-order valence-corrected chi connectivity index (χ4v) is 7.43. The average Bonchev–Trinajstić information content (AvgIpc) is 3.39. The summed E-state index contributed by atoms with van der Waals surface area (Å²) in [6, 6.07) is 31.6. The number of pyridine rings is 1. The van der Waals surface area contributed by atoms with E-state index in [-0.39, 0.29) is 10.8 Å². The highest BCUT2D eigenvalue weighted by molar-refractivity contribution is 7.93. The number of benzene rings is 4. The summed E-state index contributed by atoms with van der Waals surface area (Å²) < 4.78 is 29.8. The summed E-state index contributed by atoms with van der Waals surface area (Å²) in [6.45, 7) is 3.18. The minimum atomic E-state index is -3.98. The summed E-state index contributed by atoms with van der Waals surface area (Å²) in [5.41, 5.74) is 5.41. The highest BCUT2D eigenvalue weighted by Crippen LogP contribution is 2.38. The SMILES string of the molecule is O=C1Nc2ccc(NS(=O)(=O)c3cccc4cccnc34)cc2C1C(=Nc1ccc(CN2CCCCC2)cc1)c1ccccc1. The zero-order chi connectivity index (χ0) is 30.8. The van der Waals surface area contributed by atoms with E-state index in [1.165, 1.54) is 30.9 Å². The second kappa shape index (κ2) is 12.3. The van der Waals surface area contributed by atoms with Crippen LogP contribution in [0.15, 0.2) is 119 Å². The normalized spacial score (nSPS) is 17.2. The molecule has 1 atom stereocenters. The van der Waals surface area contributed by atoms with Crippen molar-refractivity contribution in [2.75, 3.05) is 23.1 Å². The Morgan fingerprint density at radius 1 is 0.889 bits per heavy atom. The van der Waals surface area contributed by atoms with E-state index in [9.17, 15) is 13.2 Å². The summed E-state index contributed by atoms with van der Waals surface area (Å²) in [4.78, 5) is 25.4. The molecule has 9 heteroatoms. The quantitative estimate of drug-likeness (QED) is 0.185.